The van der Waals surface area contributed by atoms with Crippen molar-refractivity contribution in [2.75, 3.05) is 18.1 Å². The first kappa shape index (κ1) is 22.7. The average molecular weight is 463 g/mol. The highest BCUT2D eigenvalue weighted by molar-refractivity contribution is 6.40. The summed E-state index contributed by atoms with van der Waals surface area (Å²) in [6, 6.07) is 8.61. The molecule has 1 fully saturated rings. The van der Waals surface area contributed by atoms with Crippen molar-refractivity contribution in [3.05, 3.63) is 57.6 Å². The quantitative estimate of drug-likeness (QED) is 0.469. The fourth-order valence-electron chi connectivity index (χ4n) is 2.92. The van der Waals surface area contributed by atoms with Gasteiger partial charge in [0.25, 0.3) is 11.8 Å². The molecule has 1 heterocycles. The van der Waals surface area contributed by atoms with Crippen LogP contribution >= 0.6 is 23.2 Å². The zero-order valence-electron chi connectivity index (χ0n) is 16.9. The molecular weight excluding hydrogens is 443 g/mol. The molecule has 162 valence electrons. The second-order valence-corrected chi connectivity index (χ2v) is 7.36. The van der Waals surface area contributed by atoms with Crippen molar-refractivity contribution < 1.29 is 23.9 Å². The molecule has 7 nitrogen and oxygen atoms in total. The van der Waals surface area contributed by atoms with Crippen molar-refractivity contribution in [1.82, 2.24) is 5.32 Å². The molecule has 4 amide bonds. The van der Waals surface area contributed by atoms with E-state index in [0.717, 1.165) is 11.3 Å². The third kappa shape index (κ3) is 5.00. The summed E-state index contributed by atoms with van der Waals surface area (Å²) in [4.78, 5) is 38.6. The lowest BCUT2D eigenvalue weighted by Gasteiger charge is -2.26. The van der Waals surface area contributed by atoms with Crippen LogP contribution in [-0.4, -0.2) is 31.1 Å². The maximum Gasteiger partial charge on any atom is 0.335 e. The van der Waals surface area contributed by atoms with Gasteiger partial charge >= 0.3 is 6.03 Å². The molecule has 3 rings (SSSR count). The number of carbonyl (C=O) groups is 3. The number of carbonyl (C=O) groups excluding carboxylic acids is 3. The number of imide groups is 2. The Kier molecular flexibility index (Phi) is 7.20. The summed E-state index contributed by atoms with van der Waals surface area (Å²) in [5, 5.41) is 2.67. The van der Waals surface area contributed by atoms with Gasteiger partial charge in [-0.3, -0.25) is 14.9 Å². The van der Waals surface area contributed by atoms with E-state index in [4.69, 9.17) is 32.7 Å². The molecule has 31 heavy (non-hydrogen) atoms. The van der Waals surface area contributed by atoms with Gasteiger partial charge in [0.2, 0.25) is 0 Å². The highest BCUT2D eigenvalue weighted by atomic mass is 35.5. The van der Waals surface area contributed by atoms with Crippen LogP contribution in [0.4, 0.5) is 10.5 Å². The fourth-order valence-corrected chi connectivity index (χ4v) is 3.53. The number of barbiturate groups is 1. The van der Waals surface area contributed by atoms with Gasteiger partial charge in [0.15, 0.2) is 5.75 Å². The van der Waals surface area contributed by atoms with Crippen LogP contribution in [0, 0.1) is 0 Å². The second-order valence-electron chi connectivity index (χ2n) is 6.55. The highest BCUT2D eigenvalue weighted by Gasteiger charge is 2.36. The van der Waals surface area contributed by atoms with E-state index in [1.165, 1.54) is 18.2 Å². The lowest BCUT2D eigenvalue weighted by Crippen LogP contribution is -2.54. The van der Waals surface area contributed by atoms with Gasteiger partial charge in [-0.1, -0.05) is 30.1 Å². The molecule has 0 aliphatic carbocycles. The molecule has 0 bridgehead atoms. The van der Waals surface area contributed by atoms with E-state index in [1.807, 2.05) is 13.8 Å². The zero-order valence-corrected chi connectivity index (χ0v) is 18.4. The van der Waals surface area contributed by atoms with Crippen molar-refractivity contribution >= 4 is 52.8 Å². The Morgan fingerprint density at radius 1 is 1.00 bits per heavy atom. The Morgan fingerprint density at radius 2 is 1.65 bits per heavy atom. The number of hydrogen-bond acceptors (Lipinski definition) is 5. The molecule has 0 atom stereocenters. The second kappa shape index (κ2) is 9.85. The number of anilines is 1. The van der Waals surface area contributed by atoms with Crippen LogP contribution < -0.4 is 19.7 Å². The molecule has 2 aromatic rings. The first-order chi connectivity index (χ1) is 14.8. The van der Waals surface area contributed by atoms with E-state index in [1.54, 1.807) is 24.3 Å². The summed E-state index contributed by atoms with van der Waals surface area (Å²) in [5.41, 5.74) is 0.477. The summed E-state index contributed by atoms with van der Waals surface area (Å²) in [6.45, 7) is 4.72. The van der Waals surface area contributed by atoms with Crippen molar-refractivity contribution in [2.24, 2.45) is 0 Å². The maximum absolute atomic E-state index is 13.0. The van der Waals surface area contributed by atoms with E-state index >= 15 is 0 Å². The first-order valence-corrected chi connectivity index (χ1v) is 10.4. The molecule has 2 aromatic carbocycles. The fraction of sp³-hybridized carbons (Fsp3) is 0.227. The third-order valence-electron chi connectivity index (χ3n) is 4.29. The summed E-state index contributed by atoms with van der Waals surface area (Å²) in [7, 11) is 0. The number of nitrogens with zero attached hydrogens (tertiary/aromatic N) is 1. The number of rotatable bonds is 7. The molecule has 0 radical (unpaired) electrons. The van der Waals surface area contributed by atoms with Crippen LogP contribution in [-0.2, 0) is 9.59 Å². The zero-order chi connectivity index (χ0) is 22.5. The summed E-state index contributed by atoms with van der Waals surface area (Å²) in [6.07, 6.45) is 2.11. The van der Waals surface area contributed by atoms with E-state index in [9.17, 15) is 14.4 Å². The largest absolute Gasteiger partial charge is 0.494 e. The summed E-state index contributed by atoms with van der Waals surface area (Å²) in [5.74, 6) is -0.650. The Morgan fingerprint density at radius 3 is 2.23 bits per heavy atom. The number of nitrogens with one attached hydrogen (secondary N) is 1. The minimum atomic E-state index is -0.837. The van der Waals surface area contributed by atoms with Gasteiger partial charge in [-0.05, 0) is 61.4 Å². The van der Waals surface area contributed by atoms with E-state index in [-0.39, 0.29) is 15.6 Å². The minimum absolute atomic E-state index is 0.233. The van der Waals surface area contributed by atoms with Crippen LogP contribution in [0.2, 0.25) is 10.0 Å². The Bertz CT molecular complexity index is 1030. The van der Waals surface area contributed by atoms with Gasteiger partial charge in [-0.25, -0.2) is 9.69 Å². The Balaban J connectivity index is 1.93. The van der Waals surface area contributed by atoms with Crippen molar-refractivity contribution in [1.29, 1.82) is 0 Å². The monoisotopic (exact) mass is 462 g/mol. The van der Waals surface area contributed by atoms with Crippen LogP contribution in [0.5, 0.6) is 11.5 Å². The van der Waals surface area contributed by atoms with E-state index < -0.39 is 17.8 Å². The van der Waals surface area contributed by atoms with Gasteiger partial charge in [0, 0.05) is 0 Å². The maximum atomic E-state index is 13.0. The normalized spacial score (nSPS) is 15.3. The van der Waals surface area contributed by atoms with Crippen molar-refractivity contribution in [2.45, 2.75) is 20.3 Å². The van der Waals surface area contributed by atoms with Gasteiger partial charge in [-0.2, -0.15) is 0 Å². The molecule has 9 heteroatoms. The summed E-state index contributed by atoms with van der Waals surface area (Å²) < 4.78 is 10.9. The van der Waals surface area contributed by atoms with Crippen LogP contribution in [0.25, 0.3) is 6.08 Å². The first-order valence-electron chi connectivity index (χ1n) is 9.61. The van der Waals surface area contributed by atoms with Gasteiger partial charge < -0.3 is 9.47 Å². The van der Waals surface area contributed by atoms with Crippen LogP contribution in [0.15, 0.2) is 42.0 Å². The van der Waals surface area contributed by atoms with Crippen molar-refractivity contribution in [3.8, 4) is 11.5 Å². The predicted octanol–water partition coefficient (Wildman–Crippen LogP) is 4.85. The molecule has 1 aliphatic heterocycles. The minimum Gasteiger partial charge on any atom is -0.494 e. The topological polar surface area (TPSA) is 84.9 Å². The lowest BCUT2D eigenvalue weighted by molar-refractivity contribution is -0.122. The number of amides is 4. The molecule has 0 unspecified atom stereocenters. The SMILES string of the molecule is CCCOc1c(Cl)cc(/C=C2\C(=O)NC(=O)N(c3ccc(OCC)cc3)C2=O)cc1Cl. The average Bonchev–Trinajstić information content (AvgIpc) is 2.72. The number of ether oxygens (including phenoxy) is 2. The van der Waals surface area contributed by atoms with E-state index in [2.05, 4.69) is 5.32 Å². The van der Waals surface area contributed by atoms with Gasteiger partial charge in [0.05, 0.1) is 28.9 Å². The van der Waals surface area contributed by atoms with E-state index in [0.29, 0.717) is 36.0 Å². The number of urea groups is 1. The smallest absolute Gasteiger partial charge is 0.335 e. The standard InChI is InChI=1S/C22H20Cl2N2O5/c1-3-9-31-19-17(23)11-13(12-18(19)24)10-16-20(27)25-22(29)26(21(16)28)14-5-7-15(8-6-14)30-4-2/h5-8,10-12H,3-4,9H2,1-2H3,(H,25,27,29)/b16-10+. The Labute approximate surface area is 189 Å². The van der Waals surface area contributed by atoms with Gasteiger partial charge in [-0.15, -0.1) is 0 Å². The predicted molar refractivity (Wildman–Crippen MR) is 119 cm³/mol. The molecule has 0 aromatic heterocycles. The third-order valence-corrected chi connectivity index (χ3v) is 4.85. The van der Waals surface area contributed by atoms with Crippen molar-refractivity contribution in [3.63, 3.8) is 0 Å². The number of benzene rings is 2. The van der Waals surface area contributed by atoms with Crippen LogP contribution in [0.3, 0.4) is 0 Å². The molecule has 1 aliphatic rings. The number of halogens is 2. The molecule has 1 saturated heterocycles. The lowest BCUT2D eigenvalue weighted by atomic mass is 10.1. The number of hydrogen-bond donors (Lipinski definition) is 1. The molecule has 0 spiro atoms. The molecule has 1 N–H and O–H groups in total. The highest BCUT2D eigenvalue weighted by Crippen LogP contribution is 2.35. The summed E-state index contributed by atoms with van der Waals surface area (Å²) >= 11 is 12.5. The van der Waals surface area contributed by atoms with Gasteiger partial charge in [0.1, 0.15) is 11.3 Å². The molecular formula is C22H20Cl2N2O5. The Hall–Kier alpha value is -3.03. The molecule has 0 saturated carbocycles. The van der Waals surface area contributed by atoms with Crippen LogP contribution in [0.1, 0.15) is 25.8 Å².